The Balaban J connectivity index is 1.50. The molecule has 4 fully saturated rings. The molecule has 0 aromatic heterocycles. The minimum Gasteiger partial charge on any atom is -0.394 e. The van der Waals surface area contributed by atoms with E-state index in [1.165, 1.54) is 0 Å². The van der Waals surface area contributed by atoms with E-state index in [2.05, 4.69) is 5.32 Å². The first-order valence-electron chi connectivity index (χ1n) is 15.1. The summed E-state index contributed by atoms with van der Waals surface area (Å²) in [6.45, 7) is -2.32. The lowest BCUT2D eigenvalue weighted by molar-refractivity contribution is -0.386. The highest BCUT2D eigenvalue weighted by Gasteiger charge is 2.55. The van der Waals surface area contributed by atoms with Crippen LogP contribution in [0.2, 0.25) is 0 Å². The van der Waals surface area contributed by atoms with E-state index in [9.17, 15) is 71.2 Å². The summed E-state index contributed by atoms with van der Waals surface area (Å²) in [6, 6.07) is -1.46. The average molecular weight is 708 g/mol. The van der Waals surface area contributed by atoms with E-state index in [1.807, 2.05) is 0 Å². The molecule has 48 heavy (non-hydrogen) atoms. The van der Waals surface area contributed by atoms with Gasteiger partial charge in [-0.1, -0.05) is 0 Å². The van der Waals surface area contributed by atoms with Crippen LogP contribution < -0.4 is 5.32 Å². The number of carbonyl (C=O) groups excluding carboxylic acids is 1. The fraction of sp³-hybridized carbons (Fsp3) is 0.962. The van der Waals surface area contributed by atoms with Gasteiger partial charge < -0.3 is 105 Å². The second kappa shape index (κ2) is 16.8. The van der Waals surface area contributed by atoms with Crippen LogP contribution in [-0.4, -0.2) is 221 Å². The quantitative estimate of drug-likeness (QED) is 0.0947. The van der Waals surface area contributed by atoms with Gasteiger partial charge in [0.25, 0.3) is 0 Å². The molecular formula is C26H45NO21. The first-order valence-corrected chi connectivity index (χ1v) is 15.1. The molecular weight excluding hydrogens is 662 g/mol. The van der Waals surface area contributed by atoms with Crippen molar-refractivity contribution in [3.8, 4) is 0 Å². The number of nitrogens with one attached hydrogen (secondary N) is 1. The molecule has 4 aliphatic rings. The minimum atomic E-state index is -2.07. The summed E-state index contributed by atoms with van der Waals surface area (Å²) in [5, 5.41) is 137. The zero-order chi connectivity index (χ0) is 35.6. The molecule has 1 amide bonds. The van der Waals surface area contributed by atoms with Gasteiger partial charge in [-0.25, -0.2) is 0 Å². The molecule has 0 aliphatic carbocycles. The van der Waals surface area contributed by atoms with Crippen LogP contribution >= 0.6 is 0 Å². The third-order valence-electron chi connectivity index (χ3n) is 8.61. The van der Waals surface area contributed by atoms with Crippen molar-refractivity contribution in [2.45, 2.75) is 130 Å². The molecule has 22 heteroatoms. The normalized spacial score (nSPS) is 50.2. The molecule has 1 unspecified atom stereocenters. The smallest absolute Gasteiger partial charge is 0.217 e. The highest BCUT2D eigenvalue weighted by Crippen LogP contribution is 2.34. The van der Waals surface area contributed by atoms with Crippen LogP contribution in [0.3, 0.4) is 0 Å². The molecule has 0 aromatic rings. The van der Waals surface area contributed by atoms with Gasteiger partial charge in [0.1, 0.15) is 97.6 Å². The summed E-state index contributed by atoms with van der Waals surface area (Å²) >= 11 is 0. The Morgan fingerprint density at radius 3 is 1.48 bits per heavy atom. The zero-order valence-corrected chi connectivity index (χ0v) is 25.5. The Labute approximate surface area is 272 Å². The van der Waals surface area contributed by atoms with Crippen LogP contribution in [0, 0.1) is 0 Å². The van der Waals surface area contributed by atoms with E-state index in [0.29, 0.717) is 0 Å². The van der Waals surface area contributed by atoms with Gasteiger partial charge in [0.15, 0.2) is 25.2 Å². The topological polar surface area (TPSA) is 357 Å². The summed E-state index contributed by atoms with van der Waals surface area (Å²) in [5.74, 6) is -0.680. The first-order chi connectivity index (χ1) is 22.7. The number of amides is 1. The maximum absolute atomic E-state index is 11.8. The molecule has 4 heterocycles. The number of aliphatic hydroxyl groups is 13. The van der Waals surface area contributed by atoms with Crippen LogP contribution in [0.1, 0.15) is 6.92 Å². The number of hydrogen-bond acceptors (Lipinski definition) is 21. The number of rotatable bonds is 11. The molecule has 0 aromatic carbocycles. The van der Waals surface area contributed by atoms with E-state index in [1.54, 1.807) is 0 Å². The Hall–Kier alpha value is -1.33. The monoisotopic (exact) mass is 707 g/mol. The van der Waals surface area contributed by atoms with Gasteiger partial charge in [0, 0.05) is 6.92 Å². The summed E-state index contributed by atoms with van der Waals surface area (Å²) in [7, 11) is 0. The maximum Gasteiger partial charge on any atom is 0.217 e. The zero-order valence-electron chi connectivity index (χ0n) is 25.5. The standard InChI is InChI=1S/C26H45NO21/c1-6(32)27-11-15(36)12(33)7(2-28)43-24(11)46-20-10(5-31)45-25(17(38)16(20)37)48-22-14(35)9(4-30)44-26(19(22)40)47-21-13(34)8(3-29)42-23(41)18(21)39/h7-26,28-31,33-41H,2-5H2,1H3,(H,27,32)/t7-,8-,9-,10-,11-,12-,13-,14-,15-,16-,17-,18-,19-,20-,21+,22+,23?,24+,25+,26+/m1/s1. The molecule has 0 spiro atoms. The van der Waals surface area contributed by atoms with Crippen molar-refractivity contribution >= 4 is 5.91 Å². The third-order valence-corrected chi connectivity index (χ3v) is 8.61. The van der Waals surface area contributed by atoms with Crippen LogP contribution in [0.4, 0.5) is 0 Å². The summed E-state index contributed by atoms with van der Waals surface area (Å²) < 4.78 is 38.1. The van der Waals surface area contributed by atoms with E-state index >= 15 is 0 Å². The van der Waals surface area contributed by atoms with Gasteiger partial charge in [0.2, 0.25) is 5.91 Å². The summed E-state index contributed by atoms with van der Waals surface area (Å²) in [5.41, 5.74) is 0. The van der Waals surface area contributed by atoms with Crippen LogP contribution in [0.15, 0.2) is 0 Å². The molecule has 22 nitrogen and oxygen atoms in total. The molecule has 0 radical (unpaired) electrons. The molecule has 4 aliphatic heterocycles. The molecule has 4 saturated heterocycles. The number of carbonyl (C=O) groups is 1. The Morgan fingerprint density at radius 2 is 0.938 bits per heavy atom. The van der Waals surface area contributed by atoms with Crippen molar-refractivity contribution < 1.29 is 104 Å². The average Bonchev–Trinajstić information content (AvgIpc) is 3.06. The van der Waals surface area contributed by atoms with Gasteiger partial charge >= 0.3 is 0 Å². The van der Waals surface area contributed by atoms with Crippen molar-refractivity contribution in [1.82, 2.24) is 5.32 Å². The van der Waals surface area contributed by atoms with Gasteiger partial charge in [-0.3, -0.25) is 4.79 Å². The predicted molar refractivity (Wildman–Crippen MR) is 145 cm³/mol. The lowest BCUT2D eigenvalue weighted by atomic mass is 9.95. The largest absolute Gasteiger partial charge is 0.394 e. The number of ether oxygens (including phenoxy) is 7. The fourth-order valence-corrected chi connectivity index (χ4v) is 5.94. The lowest BCUT2D eigenvalue weighted by Gasteiger charge is -2.49. The highest BCUT2D eigenvalue weighted by molar-refractivity contribution is 5.73. The predicted octanol–water partition coefficient (Wildman–Crippen LogP) is -9.61. The van der Waals surface area contributed by atoms with Gasteiger partial charge in [0.05, 0.1) is 26.4 Å². The van der Waals surface area contributed by atoms with Crippen molar-refractivity contribution in [3.63, 3.8) is 0 Å². The lowest BCUT2D eigenvalue weighted by Crippen LogP contribution is -2.68. The maximum atomic E-state index is 11.8. The van der Waals surface area contributed by atoms with Crippen molar-refractivity contribution in [2.75, 3.05) is 26.4 Å². The van der Waals surface area contributed by atoms with E-state index in [-0.39, 0.29) is 0 Å². The second-order valence-electron chi connectivity index (χ2n) is 11.9. The second-order valence-corrected chi connectivity index (χ2v) is 11.9. The summed E-state index contributed by atoms with van der Waals surface area (Å²) in [4.78, 5) is 11.8. The van der Waals surface area contributed by atoms with Crippen molar-refractivity contribution in [2.24, 2.45) is 0 Å². The molecule has 14 N–H and O–H groups in total. The Morgan fingerprint density at radius 1 is 0.500 bits per heavy atom. The molecule has 280 valence electrons. The van der Waals surface area contributed by atoms with Gasteiger partial charge in [-0.05, 0) is 0 Å². The summed E-state index contributed by atoms with van der Waals surface area (Å²) in [6.07, 6.45) is -33.7. The molecule has 0 bridgehead atoms. The van der Waals surface area contributed by atoms with Gasteiger partial charge in [-0.2, -0.15) is 0 Å². The minimum absolute atomic E-state index is 0.680. The van der Waals surface area contributed by atoms with Crippen LogP contribution in [0.25, 0.3) is 0 Å². The van der Waals surface area contributed by atoms with Crippen LogP contribution in [-0.2, 0) is 38.0 Å². The molecule has 4 rings (SSSR count). The SMILES string of the molecule is CC(=O)N[C@H]1[C@H](O[C@H]2[C@H](O)[C@@H](O)[C@H](O[C@@H]3[C@@H](O)[C@H](O[C@H]4[C@H](O)[C@@H](CO)OC(O)[C@@H]4O)O[C@H](CO)[C@H]3O)O[C@@H]2CO)O[C@H](CO)[C@@H](O)[C@@H]1O. The highest BCUT2D eigenvalue weighted by atomic mass is 16.8. The molecule has 0 saturated carbocycles. The van der Waals surface area contributed by atoms with E-state index in [4.69, 9.17) is 33.2 Å². The Bertz CT molecular complexity index is 1030. The van der Waals surface area contributed by atoms with E-state index < -0.39 is 155 Å². The van der Waals surface area contributed by atoms with E-state index in [0.717, 1.165) is 6.92 Å². The molecule has 20 atom stereocenters. The van der Waals surface area contributed by atoms with Crippen LogP contribution in [0.5, 0.6) is 0 Å². The fourth-order valence-electron chi connectivity index (χ4n) is 5.94. The number of aliphatic hydroxyl groups excluding tert-OH is 13. The van der Waals surface area contributed by atoms with Crippen molar-refractivity contribution in [1.29, 1.82) is 0 Å². The van der Waals surface area contributed by atoms with Gasteiger partial charge in [-0.15, -0.1) is 0 Å². The number of hydrogen-bond donors (Lipinski definition) is 14. The third kappa shape index (κ3) is 8.08. The van der Waals surface area contributed by atoms with Crippen molar-refractivity contribution in [3.05, 3.63) is 0 Å². The Kier molecular flexibility index (Phi) is 13.8. The first kappa shape index (κ1) is 39.5.